The van der Waals surface area contributed by atoms with Gasteiger partial charge in [0.2, 0.25) is 0 Å². The summed E-state index contributed by atoms with van der Waals surface area (Å²) in [7, 11) is 0. The van der Waals surface area contributed by atoms with Gasteiger partial charge in [0.05, 0.1) is 11.9 Å². The molecule has 31 heavy (non-hydrogen) atoms. The van der Waals surface area contributed by atoms with E-state index >= 15 is 0 Å². The van der Waals surface area contributed by atoms with Gasteiger partial charge in [0.1, 0.15) is 11.5 Å². The number of carbonyl (C=O) groups excluding carboxylic acids is 1. The summed E-state index contributed by atoms with van der Waals surface area (Å²) in [6, 6.07) is 20.5. The van der Waals surface area contributed by atoms with E-state index in [-0.39, 0.29) is 11.7 Å². The quantitative estimate of drug-likeness (QED) is 0.290. The summed E-state index contributed by atoms with van der Waals surface area (Å²) in [6.07, 6.45) is 3.32. The van der Waals surface area contributed by atoms with E-state index in [0.29, 0.717) is 28.2 Å². The molecule has 154 valence electrons. The Kier molecular flexibility index (Phi) is 5.57. The van der Waals surface area contributed by atoms with E-state index in [1.165, 1.54) is 18.3 Å². The van der Waals surface area contributed by atoms with Gasteiger partial charge in [0.25, 0.3) is 5.91 Å². The fraction of sp³-hybridized carbons (Fsp3) is 0.0417. The van der Waals surface area contributed by atoms with Crippen LogP contribution in [0.25, 0.3) is 16.9 Å². The zero-order chi connectivity index (χ0) is 21.8. The van der Waals surface area contributed by atoms with Crippen molar-refractivity contribution in [2.75, 3.05) is 5.73 Å². The van der Waals surface area contributed by atoms with Crippen LogP contribution in [0.2, 0.25) is 0 Å². The van der Waals surface area contributed by atoms with Crippen molar-refractivity contribution in [3.05, 3.63) is 102 Å². The number of halogens is 1. The summed E-state index contributed by atoms with van der Waals surface area (Å²) in [5, 5.41) is 8.75. The van der Waals surface area contributed by atoms with Crippen molar-refractivity contribution in [1.29, 1.82) is 0 Å². The third-order valence-electron chi connectivity index (χ3n) is 4.70. The van der Waals surface area contributed by atoms with Crippen molar-refractivity contribution in [3.63, 3.8) is 0 Å². The predicted octanol–water partition coefficient (Wildman–Crippen LogP) is 4.33. The number of hydrogen-bond donors (Lipinski definition) is 2. The zero-order valence-electron chi connectivity index (χ0n) is 16.8. The Morgan fingerprint density at radius 1 is 1.03 bits per heavy atom. The number of nitrogens with zero attached hydrogens (tertiary/aromatic N) is 3. The highest BCUT2D eigenvalue weighted by Gasteiger charge is 2.12. The van der Waals surface area contributed by atoms with Gasteiger partial charge in [-0.15, -0.1) is 0 Å². The Balaban J connectivity index is 1.63. The lowest BCUT2D eigenvalue weighted by molar-refractivity contribution is 0.0955. The highest BCUT2D eigenvalue weighted by Crippen LogP contribution is 2.23. The van der Waals surface area contributed by atoms with Crippen molar-refractivity contribution < 1.29 is 9.18 Å². The van der Waals surface area contributed by atoms with Gasteiger partial charge >= 0.3 is 0 Å². The first-order valence-electron chi connectivity index (χ1n) is 9.61. The van der Waals surface area contributed by atoms with Gasteiger partial charge in [-0.05, 0) is 55.5 Å². The van der Waals surface area contributed by atoms with E-state index in [9.17, 15) is 9.18 Å². The van der Waals surface area contributed by atoms with Gasteiger partial charge in [-0.1, -0.05) is 29.8 Å². The third kappa shape index (κ3) is 4.67. The second-order valence-electron chi connectivity index (χ2n) is 7.04. The van der Waals surface area contributed by atoms with E-state index in [1.54, 1.807) is 47.3 Å². The van der Waals surface area contributed by atoms with Crippen LogP contribution in [0.3, 0.4) is 0 Å². The molecule has 0 aliphatic rings. The maximum Gasteiger partial charge on any atom is 0.271 e. The Morgan fingerprint density at radius 3 is 2.39 bits per heavy atom. The Labute approximate surface area is 178 Å². The number of nitrogens with two attached hydrogens (primary N) is 1. The molecule has 3 N–H and O–H groups in total. The molecular weight excluding hydrogens is 393 g/mol. The molecule has 0 saturated heterocycles. The van der Waals surface area contributed by atoms with Crippen LogP contribution in [-0.2, 0) is 0 Å². The zero-order valence-corrected chi connectivity index (χ0v) is 16.8. The van der Waals surface area contributed by atoms with E-state index in [4.69, 9.17) is 5.73 Å². The van der Waals surface area contributed by atoms with Crippen LogP contribution >= 0.6 is 0 Å². The fourth-order valence-corrected chi connectivity index (χ4v) is 3.00. The summed E-state index contributed by atoms with van der Waals surface area (Å²) < 4.78 is 14.9. The molecule has 0 aliphatic carbocycles. The number of amides is 1. The molecule has 1 heterocycles. The van der Waals surface area contributed by atoms with Gasteiger partial charge in [0, 0.05) is 28.6 Å². The number of nitrogen functional groups attached to an aromatic ring is 1. The minimum absolute atomic E-state index is 0.318. The van der Waals surface area contributed by atoms with Crippen LogP contribution < -0.4 is 11.2 Å². The molecule has 7 heteroatoms. The maximum atomic E-state index is 13.3. The predicted molar refractivity (Wildman–Crippen MR) is 120 cm³/mol. The van der Waals surface area contributed by atoms with E-state index in [1.807, 2.05) is 31.2 Å². The van der Waals surface area contributed by atoms with Crippen molar-refractivity contribution in [3.8, 4) is 16.9 Å². The summed E-state index contributed by atoms with van der Waals surface area (Å²) in [5.74, 6) is -0.666. The van der Waals surface area contributed by atoms with E-state index in [2.05, 4.69) is 15.6 Å². The molecule has 0 bridgehead atoms. The van der Waals surface area contributed by atoms with Crippen LogP contribution in [0, 0.1) is 12.7 Å². The number of aromatic nitrogens is 2. The summed E-state index contributed by atoms with van der Waals surface area (Å²) in [6.45, 7) is 2.01. The highest BCUT2D eigenvalue weighted by atomic mass is 19.1. The van der Waals surface area contributed by atoms with Crippen molar-refractivity contribution in [2.45, 2.75) is 6.92 Å². The third-order valence-corrected chi connectivity index (χ3v) is 4.70. The number of carbonyl (C=O) groups is 1. The average molecular weight is 413 g/mol. The number of anilines is 1. The normalized spacial score (nSPS) is 11.0. The number of nitrogens with one attached hydrogen (secondary N) is 1. The Morgan fingerprint density at radius 2 is 1.71 bits per heavy atom. The first kappa shape index (κ1) is 20.0. The second-order valence-corrected chi connectivity index (χ2v) is 7.04. The topological polar surface area (TPSA) is 85.3 Å². The largest absolute Gasteiger partial charge is 0.399 e. The van der Waals surface area contributed by atoms with Crippen molar-refractivity contribution in [1.82, 2.24) is 15.2 Å². The Hall–Kier alpha value is -4.26. The van der Waals surface area contributed by atoms with Crippen LogP contribution in [0.4, 0.5) is 10.1 Å². The van der Waals surface area contributed by atoms with Gasteiger partial charge in [-0.3, -0.25) is 4.79 Å². The number of benzene rings is 3. The lowest BCUT2D eigenvalue weighted by Crippen LogP contribution is -2.17. The first-order chi connectivity index (χ1) is 15.0. The van der Waals surface area contributed by atoms with Gasteiger partial charge in [-0.2, -0.15) is 10.2 Å². The lowest BCUT2D eigenvalue weighted by atomic mass is 10.1. The average Bonchev–Trinajstić information content (AvgIpc) is 3.19. The molecule has 1 aromatic heterocycles. The standard InChI is InChI=1S/C24H20FN5O/c1-16-2-4-17(5-3-16)23-19(15-30(29-23)22-12-8-20(25)9-13-22)14-27-28-24(31)18-6-10-21(26)11-7-18/h2-15H,26H2,1H3,(H,28,31)/b27-14-. The number of hydrogen-bond acceptors (Lipinski definition) is 4. The monoisotopic (exact) mass is 413 g/mol. The number of rotatable bonds is 5. The molecule has 4 rings (SSSR count). The SMILES string of the molecule is Cc1ccc(-c2nn(-c3ccc(F)cc3)cc2/C=N\NC(=O)c2ccc(N)cc2)cc1. The molecule has 0 unspecified atom stereocenters. The van der Waals surface area contributed by atoms with Gasteiger partial charge in [0.15, 0.2) is 0 Å². The molecule has 0 saturated carbocycles. The van der Waals surface area contributed by atoms with E-state index < -0.39 is 0 Å². The Bertz CT molecular complexity index is 1230. The first-order valence-corrected chi connectivity index (χ1v) is 9.61. The summed E-state index contributed by atoms with van der Waals surface area (Å²) in [5.41, 5.74) is 13.3. The van der Waals surface area contributed by atoms with Gasteiger partial charge in [-0.25, -0.2) is 14.5 Å². The molecule has 1 amide bonds. The molecule has 3 aromatic carbocycles. The van der Waals surface area contributed by atoms with Gasteiger partial charge < -0.3 is 5.73 Å². The number of hydrazone groups is 1. The molecule has 6 nitrogen and oxygen atoms in total. The smallest absolute Gasteiger partial charge is 0.271 e. The van der Waals surface area contributed by atoms with Crippen LogP contribution in [0.1, 0.15) is 21.5 Å². The molecular formula is C24H20FN5O. The molecule has 0 fully saturated rings. The summed E-state index contributed by atoms with van der Waals surface area (Å²) >= 11 is 0. The molecule has 0 atom stereocenters. The highest BCUT2D eigenvalue weighted by molar-refractivity contribution is 5.96. The fourth-order valence-electron chi connectivity index (χ4n) is 3.00. The number of aryl methyl sites for hydroxylation is 1. The molecule has 0 spiro atoms. The van der Waals surface area contributed by atoms with Crippen molar-refractivity contribution >= 4 is 17.8 Å². The molecule has 0 radical (unpaired) electrons. The minimum atomic E-state index is -0.348. The maximum absolute atomic E-state index is 13.3. The minimum Gasteiger partial charge on any atom is -0.399 e. The van der Waals surface area contributed by atoms with E-state index in [0.717, 1.165) is 11.1 Å². The lowest BCUT2D eigenvalue weighted by Gasteiger charge is -2.02. The van der Waals surface area contributed by atoms with Crippen LogP contribution in [0.5, 0.6) is 0 Å². The second kappa shape index (κ2) is 8.62. The molecule has 4 aromatic rings. The summed E-state index contributed by atoms with van der Waals surface area (Å²) in [4.78, 5) is 12.3. The van der Waals surface area contributed by atoms with Crippen molar-refractivity contribution in [2.24, 2.45) is 5.10 Å². The van der Waals surface area contributed by atoms with Crippen LogP contribution in [-0.4, -0.2) is 21.9 Å². The van der Waals surface area contributed by atoms with Crippen LogP contribution in [0.15, 0.2) is 84.1 Å². The molecule has 0 aliphatic heterocycles.